The smallest absolute Gasteiger partial charge is 0.251 e. The maximum Gasteiger partial charge on any atom is 0.251 e. The first-order chi connectivity index (χ1) is 11.7. The number of nitrogens with one attached hydrogen (secondary N) is 1. The van der Waals surface area contributed by atoms with Crippen molar-refractivity contribution in [3.63, 3.8) is 0 Å². The Hall–Kier alpha value is -2.69. The second-order valence-corrected chi connectivity index (χ2v) is 6.33. The van der Waals surface area contributed by atoms with Crippen LogP contribution in [-0.2, 0) is 6.42 Å². The van der Waals surface area contributed by atoms with Crippen LogP contribution in [0.1, 0.15) is 40.8 Å². The molecule has 1 aliphatic rings. The number of hydrogen-bond acceptors (Lipinski definition) is 3. The summed E-state index contributed by atoms with van der Waals surface area (Å²) in [4.78, 5) is 21.1. The Kier molecular flexibility index (Phi) is 3.76. The molecule has 3 aromatic rings. The Morgan fingerprint density at radius 3 is 3.00 bits per heavy atom. The standard InChI is InChI=1S/C19H20N4O/c1-13-12-22-18(23(13)16-5-6-16)8-10-21-19(24)15-4-7-17-14(11-15)3-2-9-20-17/h2-4,7,9,11-12,16H,5-6,8,10H2,1H3,(H,21,24). The normalized spacial score (nSPS) is 14.0. The number of fused-ring (bicyclic) bond motifs is 1. The van der Waals surface area contributed by atoms with E-state index in [1.165, 1.54) is 18.5 Å². The van der Waals surface area contributed by atoms with Gasteiger partial charge in [-0.25, -0.2) is 4.98 Å². The molecule has 24 heavy (non-hydrogen) atoms. The van der Waals surface area contributed by atoms with Crippen molar-refractivity contribution in [2.45, 2.75) is 32.2 Å². The topological polar surface area (TPSA) is 59.8 Å². The molecule has 0 radical (unpaired) electrons. The van der Waals surface area contributed by atoms with Gasteiger partial charge in [-0.15, -0.1) is 0 Å². The molecule has 0 spiro atoms. The molecule has 2 heterocycles. The highest BCUT2D eigenvalue weighted by molar-refractivity contribution is 5.97. The largest absolute Gasteiger partial charge is 0.352 e. The number of hydrogen-bond donors (Lipinski definition) is 1. The number of amides is 1. The molecular formula is C19H20N4O. The van der Waals surface area contributed by atoms with E-state index >= 15 is 0 Å². The third kappa shape index (κ3) is 2.89. The minimum absolute atomic E-state index is 0.0537. The molecule has 5 heteroatoms. The van der Waals surface area contributed by atoms with E-state index in [4.69, 9.17) is 0 Å². The molecule has 2 aromatic heterocycles. The molecule has 0 atom stereocenters. The van der Waals surface area contributed by atoms with Crippen molar-refractivity contribution in [1.82, 2.24) is 19.9 Å². The number of imidazole rings is 1. The Morgan fingerprint density at radius 2 is 2.17 bits per heavy atom. The fourth-order valence-electron chi connectivity index (χ4n) is 3.12. The van der Waals surface area contributed by atoms with E-state index in [2.05, 4.69) is 26.8 Å². The molecule has 1 aliphatic carbocycles. The van der Waals surface area contributed by atoms with Crippen LogP contribution in [0.25, 0.3) is 10.9 Å². The Morgan fingerprint density at radius 1 is 1.29 bits per heavy atom. The van der Waals surface area contributed by atoms with E-state index in [1.54, 1.807) is 6.20 Å². The van der Waals surface area contributed by atoms with Gasteiger partial charge in [-0.3, -0.25) is 9.78 Å². The van der Waals surface area contributed by atoms with Crippen LogP contribution in [0.4, 0.5) is 0 Å². The molecule has 0 bridgehead atoms. The van der Waals surface area contributed by atoms with Gasteiger partial charge in [0.25, 0.3) is 5.91 Å². The van der Waals surface area contributed by atoms with E-state index in [0.717, 1.165) is 23.1 Å². The van der Waals surface area contributed by atoms with E-state index in [9.17, 15) is 4.79 Å². The van der Waals surface area contributed by atoms with Crippen LogP contribution in [0, 0.1) is 6.92 Å². The van der Waals surface area contributed by atoms with Gasteiger partial charge >= 0.3 is 0 Å². The van der Waals surface area contributed by atoms with Crippen LogP contribution in [0.3, 0.4) is 0 Å². The molecule has 0 unspecified atom stereocenters. The van der Waals surface area contributed by atoms with E-state index in [1.807, 2.05) is 36.5 Å². The first-order valence-electron chi connectivity index (χ1n) is 8.38. The molecule has 1 saturated carbocycles. The first-order valence-corrected chi connectivity index (χ1v) is 8.38. The minimum atomic E-state index is -0.0537. The first kappa shape index (κ1) is 14.9. The molecule has 1 N–H and O–H groups in total. The predicted molar refractivity (Wildman–Crippen MR) is 93.0 cm³/mol. The highest BCUT2D eigenvalue weighted by Crippen LogP contribution is 2.36. The summed E-state index contributed by atoms with van der Waals surface area (Å²) >= 11 is 0. The highest BCUT2D eigenvalue weighted by atomic mass is 16.1. The van der Waals surface area contributed by atoms with Gasteiger partial charge in [0.1, 0.15) is 5.82 Å². The van der Waals surface area contributed by atoms with Crippen LogP contribution in [0.15, 0.2) is 42.7 Å². The number of aryl methyl sites for hydroxylation is 1. The number of rotatable bonds is 5. The lowest BCUT2D eigenvalue weighted by Crippen LogP contribution is -2.26. The van der Waals surface area contributed by atoms with Gasteiger partial charge in [0.05, 0.1) is 5.52 Å². The summed E-state index contributed by atoms with van der Waals surface area (Å²) in [7, 11) is 0. The monoisotopic (exact) mass is 320 g/mol. The second kappa shape index (κ2) is 6.07. The van der Waals surface area contributed by atoms with Gasteiger partial charge < -0.3 is 9.88 Å². The van der Waals surface area contributed by atoms with Gasteiger partial charge in [0.2, 0.25) is 0 Å². The molecule has 1 fully saturated rings. The van der Waals surface area contributed by atoms with Gasteiger partial charge in [0, 0.05) is 48.0 Å². The Balaban J connectivity index is 1.41. The second-order valence-electron chi connectivity index (χ2n) is 6.33. The molecule has 122 valence electrons. The van der Waals surface area contributed by atoms with Crippen LogP contribution >= 0.6 is 0 Å². The van der Waals surface area contributed by atoms with Gasteiger partial charge in [-0.05, 0) is 44.0 Å². The number of aromatic nitrogens is 3. The lowest BCUT2D eigenvalue weighted by molar-refractivity contribution is 0.0954. The van der Waals surface area contributed by atoms with Crippen molar-refractivity contribution < 1.29 is 4.79 Å². The molecule has 0 saturated heterocycles. The zero-order chi connectivity index (χ0) is 16.5. The third-order valence-corrected chi connectivity index (χ3v) is 4.47. The average Bonchev–Trinajstić information content (AvgIpc) is 3.37. The third-order valence-electron chi connectivity index (χ3n) is 4.47. The van der Waals surface area contributed by atoms with Gasteiger partial charge in [-0.2, -0.15) is 0 Å². The molecular weight excluding hydrogens is 300 g/mol. The molecule has 5 nitrogen and oxygen atoms in total. The fraction of sp³-hybridized carbons (Fsp3) is 0.316. The molecule has 1 amide bonds. The van der Waals surface area contributed by atoms with Crippen LogP contribution in [0.2, 0.25) is 0 Å². The van der Waals surface area contributed by atoms with E-state index in [-0.39, 0.29) is 5.91 Å². The lowest BCUT2D eigenvalue weighted by Gasteiger charge is -2.09. The van der Waals surface area contributed by atoms with E-state index in [0.29, 0.717) is 18.2 Å². The number of carbonyl (C=O) groups excluding carboxylic acids is 1. The summed E-state index contributed by atoms with van der Waals surface area (Å²) in [6.07, 6.45) is 6.91. The predicted octanol–water partition coefficient (Wildman–Crippen LogP) is 3.05. The number of nitrogens with zero attached hydrogens (tertiary/aromatic N) is 3. The molecule has 0 aliphatic heterocycles. The van der Waals surface area contributed by atoms with Crippen LogP contribution in [0.5, 0.6) is 0 Å². The zero-order valence-corrected chi connectivity index (χ0v) is 13.7. The quantitative estimate of drug-likeness (QED) is 0.786. The Labute approximate surface area is 140 Å². The summed E-state index contributed by atoms with van der Waals surface area (Å²) in [6, 6.07) is 10.0. The fourth-order valence-corrected chi connectivity index (χ4v) is 3.12. The molecule has 1 aromatic carbocycles. The summed E-state index contributed by atoms with van der Waals surface area (Å²) in [6.45, 7) is 2.68. The van der Waals surface area contributed by atoms with Gasteiger partial charge in [0.15, 0.2) is 0 Å². The van der Waals surface area contributed by atoms with Crippen LogP contribution in [-0.4, -0.2) is 27.0 Å². The minimum Gasteiger partial charge on any atom is -0.352 e. The average molecular weight is 320 g/mol. The maximum absolute atomic E-state index is 12.4. The van der Waals surface area contributed by atoms with E-state index < -0.39 is 0 Å². The number of pyridine rings is 1. The maximum atomic E-state index is 12.4. The number of carbonyl (C=O) groups is 1. The summed E-state index contributed by atoms with van der Waals surface area (Å²) in [5.74, 6) is 1.01. The highest BCUT2D eigenvalue weighted by Gasteiger charge is 2.26. The van der Waals surface area contributed by atoms with Gasteiger partial charge in [-0.1, -0.05) is 6.07 Å². The van der Waals surface area contributed by atoms with Crippen molar-refractivity contribution >= 4 is 16.8 Å². The molecule has 4 rings (SSSR count). The van der Waals surface area contributed by atoms with Crippen LogP contribution < -0.4 is 5.32 Å². The summed E-state index contributed by atoms with van der Waals surface area (Å²) in [5.41, 5.74) is 2.77. The van der Waals surface area contributed by atoms with Crippen molar-refractivity contribution in [1.29, 1.82) is 0 Å². The van der Waals surface area contributed by atoms with Crippen molar-refractivity contribution in [2.75, 3.05) is 6.54 Å². The van der Waals surface area contributed by atoms with Crippen molar-refractivity contribution in [3.05, 3.63) is 59.8 Å². The van der Waals surface area contributed by atoms with Crippen molar-refractivity contribution in [3.8, 4) is 0 Å². The zero-order valence-electron chi connectivity index (χ0n) is 13.7. The number of benzene rings is 1. The van der Waals surface area contributed by atoms with Crippen molar-refractivity contribution in [2.24, 2.45) is 0 Å². The summed E-state index contributed by atoms with van der Waals surface area (Å²) in [5, 5.41) is 3.97. The lowest BCUT2D eigenvalue weighted by atomic mass is 10.1. The summed E-state index contributed by atoms with van der Waals surface area (Å²) < 4.78 is 2.31. The SMILES string of the molecule is Cc1cnc(CCNC(=O)c2ccc3ncccc3c2)n1C1CC1. The Bertz CT molecular complexity index is 895.